The molecule has 76 valence electrons. The van der Waals surface area contributed by atoms with Crippen molar-refractivity contribution in [1.29, 1.82) is 0 Å². The van der Waals surface area contributed by atoms with Crippen LogP contribution in [0.25, 0.3) is 0 Å². The molecule has 0 aliphatic heterocycles. The molecule has 1 saturated carbocycles. The minimum atomic E-state index is 0.00176. The van der Waals surface area contributed by atoms with Crippen molar-refractivity contribution >= 4 is 5.91 Å². The molecular formula is C10H19NO2. The van der Waals surface area contributed by atoms with E-state index in [4.69, 9.17) is 4.74 Å². The molecule has 1 atom stereocenters. The van der Waals surface area contributed by atoms with Crippen LogP contribution in [0.3, 0.4) is 0 Å². The van der Waals surface area contributed by atoms with Crippen LogP contribution in [0.1, 0.15) is 32.6 Å². The molecule has 0 aromatic rings. The molecule has 1 aliphatic rings. The van der Waals surface area contributed by atoms with E-state index in [2.05, 4.69) is 12.2 Å². The summed E-state index contributed by atoms with van der Waals surface area (Å²) in [4.78, 5) is 11.2. The summed E-state index contributed by atoms with van der Waals surface area (Å²) in [6.07, 6.45) is 5.15. The zero-order valence-electron chi connectivity index (χ0n) is 8.51. The predicted molar refractivity (Wildman–Crippen MR) is 51.4 cm³/mol. The quantitative estimate of drug-likeness (QED) is 0.717. The maximum Gasteiger partial charge on any atom is 0.246 e. The Bertz CT molecular complexity index is 164. The molecule has 0 aromatic carbocycles. The number of nitrogens with one attached hydrogen (secondary N) is 1. The molecule has 1 N–H and O–H groups in total. The highest BCUT2D eigenvalue weighted by Gasteiger charge is 2.22. The highest BCUT2D eigenvalue weighted by atomic mass is 16.5. The molecule has 1 rings (SSSR count). The van der Waals surface area contributed by atoms with Crippen LogP contribution < -0.4 is 5.32 Å². The fourth-order valence-electron chi connectivity index (χ4n) is 2.00. The smallest absolute Gasteiger partial charge is 0.246 e. The maximum absolute atomic E-state index is 11.2. The standard InChI is InChI=1S/C10H19NO2/c1-8(9-5-3-4-6-9)11-10(12)7-13-2/h8-9H,3-7H2,1-2H3,(H,11,12). The highest BCUT2D eigenvalue weighted by Crippen LogP contribution is 2.27. The Labute approximate surface area is 79.8 Å². The van der Waals surface area contributed by atoms with Crippen LogP contribution in [0.15, 0.2) is 0 Å². The van der Waals surface area contributed by atoms with Crippen LogP contribution in [0.4, 0.5) is 0 Å². The summed E-state index contributed by atoms with van der Waals surface area (Å²) in [5.74, 6) is 0.683. The molecule has 0 bridgehead atoms. The lowest BCUT2D eigenvalue weighted by molar-refractivity contribution is -0.125. The lowest BCUT2D eigenvalue weighted by Crippen LogP contribution is -2.39. The monoisotopic (exact) mass is 185 g/mol. The van der Waals surface area contributed by atoms with Gasteiger partial charge in [0.15, 0.2) is 0 Å². The van der Waals surface area contributed by atoms with Gasteiger partial charge in [-0.1, -0.05) is 12.8 Å². The molecule has 3 heteroatoms. The van der Waals surface area contributed by atoms with E-state index in [0.717, 1.165) is 0 Å². The van der Waals surface area contributed by atoms with Crippen molar-refractivity contribution in [2.45, 2.75) is 38.6 Å². The summed E-state index contributed by atoms with van der Waals surface area (Å²) in [5, 5.41) is 2.96. The Morgan fingerprint density at radius 3 is 2.69 bits per heavy atom. The lowest BCUT2D eigenvalue weighted by Gasteiger charge is -2.19. The van der Waals surface area contributed by atoms with Crippen molar-refractivity contribution < 1.29 is 9.53 Å². The van der Waals surface area contributed by atoms with Gasteiger partial charge >= 0.3 is 0 Å². The molecule has 1 unspecified atom stereocenters. The number of hydrogen-bond acceptors (Lipinski definition) is 2. The molecule has 0 aromatic heterocycles. The number of hydrogen-bond donors (Lipinski definition) is 1. The molecule has 0 spiro atoms. The second-order valence-corrected chi connectivity index (χ2v) is 3.83. The minimum absolute atomic E-state index is 0.00176. The summed E-state index contributed by atoms with van der Waals surface area (Å²) >= 11 is 0. The average molecular weight is 185 g/mol. The molecule has 1 amide bonds. The van der Waals surface area contributed by atoms with Crippen LogP contribution in [0, 0.1) is 5.92 Å². The van der Waals surface area contributed by atoms with Gasteiger partial charge in [0, 0.05) is 13.2 Å². The van der Waals surface area contributed by atoms with E-state index in [1.54, 1.807) is 7.11 Å². The first kappa shape index (κ1) is 10.5. The fraction of sp³-hybridized carbons (Fsp3) is 0.900. The largest absolute Gasteiger partial charge is 0.375 e. The van der Waals surface area contributed by atoms with E-state index < -0.39 is 0 Å². The van der Waals surface area contributed by atoms with Crippen LogP contribution in [-0.4, -0.2) is 25.7 Å². The van der Waals surface area contributed by atoms with Gasteiger partial charge in [-0.15, -0.1) is 0 Å². The molecule has 0 heterocycles. The highest BCUT2D eigenvalue weighted by molar-refractivity contribution is 5.77. The third kappa shape index (κ3) is 3.35. The fourth-order valence-corrected chi connectivity index (χ4v) is 2.00. The molecular weight excluding hydrogens is 166 g/mol. The van der Waals surface area contributed by atoms with Gasteiger partial charge in [0.2, 0.25) is 5.91 Å². The first-order valence-corrected chi connectivity index (χ1v) is 5.02. The molecule has 0 saturated heterocycles. The van der Waals surface area contributed by atoms with Gasteiger partial charge in [0.05, 0.1) is 0 Å². The Balaban J connectivity index is 2.22. The van der Waals surface area contributed by atoms with Gasteiger partial charge < -0.3 is 10.1 Å². The first-order valence-electron chi connectivity index (χ1n) is 5.02. The van der Waals surface area contributed by atoms with Crippen molar-refractivity contribution in [3.63, 3.8) is 0 Å². The zero-order valence-corrected chi connectivity index (χ0v) is 8.51. The number of ether oxygens (including phenoxy) is 1. The van der Waals surface area contributed by atoms with E-state index in [-0.39, 0.29) is 12.5 Å². The van der Waals surface area contributed by atoms with Gasteiger partial charge in [-0.2, -0.15) is 0 Å². The summed E-state index contributed by atoms with van der Waals surface area (Å²) in [5.41, 5.74) is 0. The van der Waals surface area contributed by atoms with E-state index in [1.165, 1.54) is 25.7 Å². The topological polar surface area (TPSA) is 38.3 Å². The Morgan fingerprint density at radius 1 is 1.54 bits per heavy atom. The van der Waals surface area contributed by atoms with Crippen molar-refractivity contribution in [2.24, 2.45) is 5.92 Å². The van der Waals surface area contributed by atoms with E-state index >= 15 is 0 Å². The second kappa shape index (κ2) is 5.22. The third-order valence-electron chi connectivity index (χ3n) is 2.77. The maximum atomic E-state index is 11.2. The summed E-state index contributed by atoms with van der Waals surface area (Å²) in [7, 11) is 1.54. The van der Waals surface area contributed by atoms with Crippen molar-refractivity contribution in [2.75, 3.05) is 13.7 Å². The van der Waals surface area contributed by atoms with Gasteiger partial charge in [-0.3, -0.25) is 4.79 Å². The first-order chi connectivity index (χ1) is 6.24. The minimum Gasteiger partial charge on any atom is -0.375 e. The molecule has 0 radical (unpaired) electrons. The van der Waals surface area contributed by atoms with Crippen molar-refractivity contribution in [3.8, 4) is 0 Å². The van der Waals surface area contributed by atoms with Crippen molar-refractivity contribution in [3.05, 3.63) is 0 Å². The van der Waals surface area contributed by atoms with Gasteiger partial charge in [-0.25, -0.2) is 0 Å². The number of carbonyl (C=O) groups excluding carboxylic acids is 1. The van der Waals surface area contributed by atoms with Crippen LogP contribution >= 0.6 is 0 Å². The number of methoxy groups -OCH3 is 1. The molecule has 1 fully saturated rings. The predicted octanol–water partition coefficient (Wildman–Crippen LogP) is 1.33. The van der Waals surface area contributed by atoms with Crippen LogP contribution in [0.5, 0.6) is 0 Å². The Kier molecular flexibility index (Phi) is 4.22. The Hall–Kier alpha value is -0.570. The van der Waals surface area contributed by atoms with Crippen LogP contribution in [-0.2, 0) is 9.53 Å². The van der Waals surface area contributed by atoms with E-state index in [9.17, 15) is 4.79 Å². The average Bonchev–Trinajstić information content (AvgIpc) is 2.55. The number of amides is 1. The SMILES string of the molecule is COCC(=O)NC(C)C1CCCC1. The van der Waals surface area contributed by atoms with Gasteiger partial charge in [0.25, 0.3) is 0 Å². The summed E-state index contributed by atoms with van der Waals surface area (Å²) in [6, 6.07) is 0.310. The van der Waals surface area contributed by atoms with E-state index in [1.807, 2.05) is 0 Å². The normalized spacial score (nSPS) is 20.2. The third-order valence-corrected chi connectivity index (χ3v) is 2.77. The van der Waals surface area contributed by atoms with E-state index in [0.29, 0.717) is 12.0 Å². The lowest BCUT2D eigenvalue weighted by atomic mass is 10.00. The second-order valence-electron chi connectivity index (χ2n) is 3.83. The molecule has 1 aliphatic carbocycles. The number of rotatable bonds is 4. The zero-order chi connectivity index (χ0) is 9.68. The Morgan fingerprint density at radius 2 is 2.15 bits per heavy atom. The molecule has 13 heavy (non-hydrogen) atoms. The molecule has 3 nitrogen and oxygen atoms in total. The summed E-state index contributed by atoms with van der Waals surface area (Å²) < 4.78 is 4.76. The van der Waals surface area contributed by atoms with Gasteiger partial charge in [0.1, 0.15) is 6.61 Å². The van der Waals surface area contributed by atoms with Crippen molar-refractivity contribution in [1.82, 2.24) is 5.32 Å². The summed E-state index contributed by atoms with van der Waals surface area (Å²) in [6.45, 7) is 2.26. The number of carbonyl (C=O) groups is 1. The van der Waals surface area contributed by atoms with Gasteiger partial charge in [-0.05, 0) is 25.7 Å². The van der Waals surface area contributed by atoms with Crippen LogP contribution in [0.2, 0.25) is 0 Å².